The Hall–Kier alpha value is -3.06. The highest BCUT2D eigenvalue weighted by molar-refractivity contribution is 5.93. The van der Waals surface area contributed by atoms with Crippen LogP contribution < -0.4 is 14.8 Å². The normalized spacial score (nSPS) is 22.9. The number of carbonyl (C=O) groups is 2. The highest BCUT2D eigenvalue weighted by atomic mass is 16.5. The first-order chi connectivity index (χ1) is 19.5. The fourth-order valence-electron chi connectivity index (χ4n) is 6.55. The molecule has 2 atom stereocenters. The molecule has 1 saturated carbocycles. The molecule has 216 valence electrons. The second-order valence-electron chi connectivity index (χ2n) is 11.9. The zero-order chi connectivity index (χ0) is 28.1. The number of nitrogens with one attached hydrogen (secondary N) is 1. The lowest BCUT2D eigenvalue weighted by Gasteiger charge is -2.42. The van der Waals surface area contributed by atoms with Gasteiger partial charge in [0.1, 0.15) is 6.04 Å². The number of likely N-dealkylation sites (tertiary alicyclic amines) is 1. The molecule has 2 fully saturated rings. The Morgan fingerprint density at radius 3 is 2.40 bits per heavy atom. The number of rotatable bonds is 8. The summed E-state index contributed by atoms with van der Waals surface area (Å²) in [5, 5.41) is 3.34. The van der Waals surface area contributed by atoms with E-state index in [1.54, 1.807) is 0 Å². The third-order valence-corrected chi connectivity index (χ3v) is 8.63. The molecule has 1 N–H and O–H groups in total. The van der Waals surface area contributed by atoms with Crippen molar-refractivity contribution in [2.75, 3.05) is 19.7 Å². The maximum absolute atomic E-state index is 14.4. The van der Waals surface area contributed by atoms with Crippen LogP contribution in [0, 0.1) is 5.92 Å². The van der Waals surface area contributed by atoms with E-state index in [1.165, 1.54) is 12.0 Å². The second kappa shape index (κ2) is 13.1. The summed E-state index contributed by atoms with van der Waals surface area (Å²) in [5.74, 6) is 0.863. The van der Waals surface area contributed by atoms with Crippen LogP contribution >= 0.6 is 0 Å². The second-order valence-corrected chi connectivity index (χ2v) is 11.9. The number of amides is 2. The van der Waals surface area contributed by atoms with Crippen molar-refractivity contribution in [1.82, 2.24) is 15.1 Å². The first kappa shape index (κ1) is 28.5. The third-order valence-electron chi connectivity index (χ3n) is 8.63. The Bertz CT molecular complexity index is 1140. The summed E-state index contributed by atoms with van der Waals surface area (Å²) in [5.41, 5.74) is 2.02. The van der Waals surface area contributed by atoms with Crippen molar-refractivity contribution in [2.45, 2.75) is 96.5 Å². The SMILES string of the molecule is CCOc1cccc2c1OC(C(C)C)C(=O)N(C1CCN(Cc3ccccc3)CC1)C2C(=O)NC1CCCCC1. The van der Waals surface area contributed by atoms with Gasteiger partial charge in [0.15, 0.2) is 17.6 Å². The molecule has 0 bridgehead atoms. The topological polar surface area (TPSA) is 71.1 Å². The first-order valence-corrected chi connectivity index (χ1v) is 15.3. The Labute approximate surface area is 239 Å². The molecule has 2 aromatic carbocycles. The number of fused-ring (bicyclic) bond motifs is 1. The molecule has 0 aromatic heterocycles. The van der Waals surface area contributed by atoms with Crippen LogP contribution in [0.25, 0.3) is 0 Å². The maximum atomic E-state index is 14.4. The minimum Gasteiger partial charge on any atom is -0.490 e. The van der Waals surface area contributed by atoms with Gasteiger partial charge in [0.25, 0.3) is 5.91 Å². The molecule has 7 heteroatoms. The van der Waals surface area contributed by atoms with Crippen molar-refractivity contribution < 1.29 is 19.1 Å². The summed E-state index contributed by atoms with van der Waals surface area (Å²) in [6, 6.07) is 15.6. The quantitative estimate of drug-likeness (QED) is 0.474. The number of hydrogen-bond donors (Lipinski definition) is 1. The number of ether oxygens (including phenoxy) is 2. The predicted octanol–water partition coefficient (Wildman–Crippen LogP) is 5.49. The van der Waals surface area contributed by atoms with E-state index < -0.39 is 12.1 Å². The van der Waals surface area contributed by atoms with Crippen LogP contribution in [0.1, 0.15) is 82.9 Å². The predicted molar refractivity (Wildman–Crippen MR) is 156 cm³/mol. The van der Waals surface area contributed by atoms with E-state index in [9.17, 15) is 9.59 Å². The third kappa shape index (κ3) is 6.30. The van der Waals surface area contributed by atoms with Crippen LogP contribution in [0.5, 0.6) is 11.5 Å². The van der Waals surface area contributed by atoms with Crippen molar-refractivity contribution in [1.29, 1.82) is 0 Å². The molecule has 2 amide bonds. The molecule has 40 heavy (non-hydrogen) atoms. The summed E-state index contributed by atoms with van der Waals surface area (Å²) in [7, 11) is 0. The molecule has 0 radical (unpaired) electrons. The van der Waals surface area contributed by atoms with Gasteiger partial charge in [-0.2, -0.15) is 0 Å². The summed E-state index contributed by atoms with van der Waals surface area (Å²) < 4.78 is 12.5. The van der Waals surface area contributed by atoms with E-state index in [-0.39, 0.29) is 29.8 Å². The monoisotopic (exact) mass is 547 g/mol. The first-order valence-electron chi connectivity index (χ1n) is 15.3. The van der Waals surface area contributed by atoms with Gasteiger partial charge in [0.2, 0.25) is 5.91 Å². The fraction of sp³-hybridized carbons (Fsp3) is 0.576. The molecule has 2 heterocycles. The molecular weight excluding hydrogens is 502 g/mol. The van der Waals surface area contributed by atoms with Crippen molar-refractivity contribution in [2.24, 2.45) is 5.92 Å². The minimum absolute atomic E-state index is 0.0480. The van der Waals surface area contributed by atoms with Crippen molar-refractivity contribution in [3.05, 3.63) is 59.7 Å². The lowest BCUT2D eigenvalue weighted by molar-refractivity contribution is -0.151. The highest BCUT2D eigenvalue weighted by Crippen LogP contribution is 2.43. The molecule has 2 aliphatic heterocycles. The van der Waals surface area contributed by atoms with Crippen LogP contribution in [0.3, 0.4) is 0 Å². The summed E-state index contributed by atoms with van der Waals surface area (Å²) in [6.45, 7) is 9.07. The molecule has 1 aliphatic carbocycles. The Morgan fingerprint density at radius 2 is 1.73 bits per heavy atom. The fourth-order valence-corrected chi connectivity index (χ4v) is 6.55. The summed E-state index contributed by atoms with van der Waals surface area (Å²) in [6.07, 6.45) is 6.39. The average molecular weight is 548 g/mol. The van der Waals surface area contributed by atoms with Crippen LogP contribution in [0.2, 0.25) is 0 Å². The van der Waals surface area contributed by atoms with Crippen LogP contribution in [0.4, 0.5) is 0 Å². The molecular formula is C33H45N3O4. The summed E-state index contributed by atoms with van der Waals surface area (Å²) in [4.78, 5) is 32.9. The number of nitrogens with zero attached hydrogens (tertiary/aromatic N) is 2. The van der Waals surface area contributed by atoms with E-state index in [2.05, 4.69) is 34.5 Å². The molecule has 5 rings (SSSR count). The lowest BCUT2D eigenvalue weighted by Crippen LogP contribution is -2.55. The van der Waals surface area contributed by atoms with E-state index in [0.29, 0.717) is 18.1 Å². The van der Waals surface area contributed by atoms with Crippen molar-refractivity contribution in [3.8, 4) is 11.5 Å². The lowest BCUT2D eigenvalue weighted by atomic mass is 9.93. The van der Waals surface area contributed by atoms with Gasteiger partial charge in [-0.05, 0) is 50.2 Å². The molecule has 0 spiro atoms. The number of para-hydroxylation sites is 1. The van der Waals surface area contributed by atoms with E-state index in [4.69, 9.17) is 9.47 Å². The van der Waals surface area contributed by atoms with Gasteiger partial charge in [0.05, 0.1) is 6.61 Å². The van der Waals surface area contributed by atoms with Crippen molar-refractivity contribution in [3.63, 3.8) is 0 Å². The van der Waals surface area contributed by atoms with E-state index in [0.717, 1.165) is 63.7 Å². The van der Waals surface area contributed by atoms with Gasteiger partial charge in [-0.25, -0.2) is 0 Å². The molecule has 3 aliphatic rings. The number of hydrogen-bond acceptors (Lipinski definition) is 5. The Balaban J connectivity index is 1.47. The number of benzene rings is 2. The Morgan fingerprint density at radius 1 is 1.00 bits per heavy atom. The highest BCUT2D eigenvalue weighted by Gasteiger charge is 2.46. The number of carbonyl (C=O) groups excluding carboxylic acids is 2. The molecule has 2 aromatic rings. The average Bonchev–Trinajstić information content (AvgIpc) is 3.10. The molecule has 7 nitrogen and oxygen atoms in total. The van der Waals surface area contributed by atoms with Crippen LogP contribution in [0.15, 0.2) is 48.5 Å². The smallest absolute Gasteiger partial charge is 0.265 e. The van der Waals surface area contributed by atoms with Gasteiger partial charge in [-0.15, -0.1) is 0 Å². The largest absolute Gasteiger partial charge is 0.490 e. The van der Waals surface area contributed by atoms with Crippen LogP contribution in [-0.4, -0.2) is 59.5 Å². The Kier molecular flexibility index (Phi) is 9.30. The van der Waals surface area contributed by atoms with Gasteiger partial charge in [-0.3, -0.25) is 14.5 Å². The maximum Gasteiger partial charge on any atom is 0.265 e. The van der Waals surface area contributed by atoms with Crippen LogP contribution in [-0.2, 0) is 16.1 Å². The van der Waals surface area contributed by atoms with Crippen molar-refractivity contribution >= 4 is 11.8 Å². The minimum atomic E-state index is -0.751. The number of piperidine rings is 1. The standard InChI is InChI=1S/C33H45N3O4/c1-4-39-28-17-11-16-27-29(32(37)34-25-14-9-6-10-15-25)36(33(38)30(23(2)3)40-31(27)28)26-18-20-35(21-19-26)22-24-12-7-5-8-13-24/h5,7-8,11-13,16-17,23,25-26,29-30H,4,6,9-10,14-15,18-22H2,1-3H3,(H,34,37). The van der Waals surface area contributed by atoms with Gasteiger partial charge >= 0.3 is 0 Å². The summed E-state index contributed by atoms with van der Waals surface area (Å²) >= 11 is 0. The van der Waals surface area contributed by atoms with Gasteiger partial charge < -0.3 is 19.7 Å². The molecule has 1 saturated heterocycles. The zero-order valence-corrected chi connectivity index (χ0v) is 24.3. The van der Waals surface area contributed by atoms with E-state index >= 15 is 0 Å². The van der Waals surface area contributed by atoms with E-state index in [1.807, 2.05) is 49.9 Å². The molecule has 2 unspecified atom stereocenters. The zero-order valence-electron chi connectivity index (χ0n) is 24.3. The van der Waals surface area contributed by atoms with Gasteiger partial charge in [0, 0.05) is 37.3 Å². The van der Waals surface area contributed by atoms with Gasteiger partial charge in [-0.1, -0.05) is 75.6 Å².